The van der Waals surface area contributed by atoms with Gasteiger partial charge in [0.15, 0.2) is 16.7 Å². The number of ether oxygens (including phenoxy) is 1. The van der Waals surface area contributed by atoms with Crippen LogP contribution in [0.15, 0.2) is 46.3 Å². The minimum Gasteiger partial charge on any atom is -0.503 e. The zero-order chi connectivity index (χ0) is 18.7. The molecule has 0 atom stereocenters. The van der Waals surface area contributed by atoms with E-state index in [1.807, 2.05) is 38.1 Å². The average Bonchev–Trinajstić information content (AvgIpc) is 2.94. The number of amidine groups is 1. The maximum atomic E-state index is 12.2. The average molecular weight is 389 g/mol. The van der Waals surface area contributed by atoms with Crippen molar-refractivity contribution in [3.63, 3.8) is 0 Å². The lowest BCUT2D eigenvalue weighted by atomic mass is 10.2. The number of amides is 1. The summed E-state index contributed by atoms with van der Waals surface area (Å²) >= 11 is 7.28. The van der Waals surface area contributed by atoms with E-state index in [1.165, 1.54) is 11.8 Å². The largest absolute Gasteiger partial charge is 0.503 e. The van der Waals surface area contributed by atoms with Gasteiger partial charge in [0.25, 0.3) is 5.91 Å². The van der Waals surface area contributed by atoms with Gasteiger partial charge in [-0.1, -0.05) is 29.3 Å². The molecule has 0 aromatic heterocycles. The fourth-order valence-corrected chi connectivity index (χ4v) is 3.37. The molecule has 1 fully saturated rings. The van der Waals surface area contributed by atoms with E-state index in [9.17, 15) is 9.90 Å². The summed E-state index contributed by atoms with van der Waals surface area (Å²) in [5.74, 6) is -0.0624. The van der Waals surface area contributed by atoms with Crippen molar-refractivity contribution in [3.05, 3.63) is 57.5 Å². The molecular weight excluding hydrogens is 372 g/mol. The highest BCUT2D eigenvalue weighted by Crippen LogP contribution is 2.37. The molecule has 2 aromatic rings. The Kier molecular flexibility index (Phi) is 5.54. The number of carbonyl (C=O) groups excluding carboxylic acids is 1. The summed E-state index contributed by atoms with van der Waals surface area (Å²) < 4.78 is 5.36. The van der Waals surface area contributed by atoms with Gasteiger partial charge in [-0.05, 0) is 61.5 Å². The zero-order valence-electron chi connectivity index (χ0n) is 14.2. The normalized spacial score (nSPS) is 17.0. The third kappa shape index (κ3) is 4.20. The Bertz CT molecular complexity index is 908. The molecular formula is C19H17ClN2O3S. The van der Waals surface area contributed by atoms with Gasteiger partial charge >= 0.3 is 0 Å². The van der Waals surface area contributed by atoms with Crippen molar-refractivity contribution < 1.29 is 14.6 Å². The van der Waals surface area contributed by atoms with Crippen molar-refractivity contribution in [2.24, 2.45) is 4.99 Å². The van der Waals surface area contributed by atoms with Gasteiger partial charge in [0.1, 0.15) is 0 Å². The van der Waals surface area contributed by atoms with E-state index in [1.54, 1.807) is 18.2 Å². The van der Waals surface area contributed by atoms with Crippen LogP contribution < -0.4 is 10.1 Å². The lowest BCUT2D eigenvalue weighted by Crippen LogP contribution is -2.19. The quantitative estimate of drug-likeness (QED) is 0.748. The Morgan fingerprint density at radius 3 is 2.73 bits per heavy atom. The topological polar surface area (TPSA) is 70.9 Å². The van der Waals surface area contributed by atoms with Gasteiger partial charge in [0.05, 0.1) is 22.2 Å². The van der Waals surface area contributed by atoms with Crippen LogP contribution in [0.3, 0.4) is 0 Å². The van der Waals surface area contributed by atoms with Crippen molar-refractivity contribution in [2.75, 3.05) is 6.61 Å². The van der Waals surface area contributed by atoms with Crippen molar-refractivity contribution in [1.29, 1.82) is 0 Å². The third-order valence-corrected chi connectivity index (χ3v) is 4.76. The monoisotopic (exact) mass is 388 g/mol. The van der Waals surface area contributed by atoms with Gasteiger partial charge in [0.2, 0.25) is 0 Å². The fourth-order valence-electron chi connectivity index (χ4n) is 2.31. The van der Waals surface area contributed by atoms with E-state index in [4.69, 9.17) is 16.3 Å². The predicted molar refractivity (Wildman–Crippen MR) is 106 cm³/mol. The molecule has 0 radical (unpaired) electrons. The Balaban J connectivity index is 1.86. The highest BCUT2D eigenvalue weighted by Gasteiger charge is 2.24. The summed E-state index contributed by atoms with van der Waals surface area (Å²) in [6, 6.07) is 10.9. The van der Waals surface area contributed by atoms with Crippen molar-refractivity contribution in [2.45, 2.75) is 13.8 Å². The lowest BCUT2D eigenvalue weighted by molar-refractivity contribution is -0.115. The second kappa shape index (κ2) is 7.85. The third-order valence-electron chi connectivity index (χ3n) is 3.56. The van der Waals surface area contributed by atoms with Gasteiger partial charge in [-0.3, -0.25) is 4.79 Å². The maximum absolute atomic E-state index is 12.2. The summed E-state index contributed by atoms with van der Waals surface area (Å²) in [5, 5.41) is 13.3. The number of aromatic hydroxyl groups is 1. The number of nitrogens with zero attached hydrogens (tertiary/aromatic N) is 1. The number of phenols is 1. The molecule has 1 saturated heterocycles. The number of rotatable bonds is 4. The molecule has 3 rings (SSSR count). The van der Waals surface area contributed by atoms with Crippen LogP contribution in [0.2, 0.25) is 5.02 Å². The molecule has 134 valence electrons. The van der Waals surface area contributed by atoms with Crippen LogP contribution in [-0.4, -0.2) is 22.8 Å². The fraction of sp³-hybridized carbons (Fsp3) is 0.158. The molecule has 26 heavy (non-hydrogen) atoms. The van der Waals surface area contributed by atoms with Crippen molar-refractivity contribution in [3.8, 4) is 11.5 Å². The molecule has 5 nitrogen and oxygen atoms in total. The number of hydrogen-bond acceptors (Lipinski definition) is 5. The first-order chi connectivity index (χ1) is 12.5. The molecule has 2 aromatic carbocycles. The second-order valence-electron chi connectivity index (χ2n) is 5.60. The summed E-state index contributed by atoms with van der Waals surface area (Å²) in [6.45, 7) is 4.21. The van der Waals surface area contributed by atoms with Crippen LogP contribution >= 0.6 is 23.4 Å². The molecule has 2 N–H and O–H groups in total. The summed E-state index contributed by atoms with van der Waals surface area (Å²) in [6.07, 6.45) is 1.69. The molecule has 1 heterocycles. The number of thioether (sulfide) groups is 1. The van der Waals surface area contributed by atoms with Gasteiger partial charge < -0.3 is 15.2 Å². The number of aryl methyl sites for hydroxylation is 1. The van der Waals surface area contributed by atoms with E-state index in [0.29, 0.717) is 22.2 Å². The zero-order valence-corrected chi connectivity index (χ0v) is 15.8. The molecule has 0 aliphatic carbocycles. The van der Waals surface area contributed by atoms with E-state index in [0.717, 1.165) is 11.3 Å². The number of phenolic OH excluding ortho intramolecular Hbond substituents is 1. The highest BCUT2D eigenvalue weighted by molar-refractivity contribution is 8.18. The van der Waals surface area contributed by atoms with Gasteiger partial charge in [-0.25, -0.2) is 4.99 Å². The summed E-state index contributed by atoms with van der Waals surface area (Å²) in [5.41, 5.74) is 2.57. The number of benzene rings is 2. The number of nitrogens with one attached hydrogen (secondary N) is 1. The van der Waals surface area contributed by atoms with Crippen LogP contribution in [0.25, 0.3) is 6.08 Å². The van der Waals surface area contributed by atoms with Gasteiger partial charge in [-0.15, -0.1) is 0 Å². The molecule has 1 aliphatic heterocycles. The number of aliphatic imine (C=N–C) groups is 1. The standard InChI is InChI=1S/C19H17ClN2O3S/c1-3-25-15-9-12(8-14(20)17(15)23)10-16-18(24)22-19(26-16)21-13-6-4-11(2)5-7-13/h4-10,23H,3H2,1-2H3,(H,21,22,24). The van der Waals surface area contributed by atoms with E-state index in [2.05, 4.69) is 10.3 Å². The van der Waals surface area contributed by atoms with E-state index < -0.39 is 0 Å². The van der Waals surface area contributed by atoms with Crippen LogP contribution in [0.5, 0.6) is 11.5 Å². The minimum atomic E-state index is -0.233. The first-order valence-electron chi connectivity index (χ1n) is 7.98. The van der Waals surface area contributed by atoms with E-state index in [-0.39, 0.29) is 22.4 Å². The van der Waals surface area contributed by atoms with Crippen LogP contribution in [-0.2, 0) is 4.79 Å². The molecule has 1 aliphatic rings. The first-order valence-corrected chi connectivity index (χ1v) is 9.17. The van der Waals surface area contributed by atoms with Crippen molar-refractivity contribution >= 4 is 46.2 Å². The molecule has 1 amide bonds. The predicted octanol–water partition coefficient (Wildman–Crippen LogP) is 4.64. The number of carbonyl (C=O) groups is 1. The van der Waals surface area contributed by atoms with Crippen LogP contribution in [0.1, 0.15) is 18.1 Å². The number of halogens is 1. The van der Waals surface area contributed by atoms with E-state index >= 15 is 0 Å². The van der Waals surface area contributed by atoms with Gasteiger partial charge in [0, 0.05) is 0 Å². The molecule has 0 bridgehead atoms. The Hall–Kier alpha value is -2.44. The van der Waals surface area contributed by atoms with Crippen LogP contribution in [0, 0.1) is 6.92 Å². The summed E-state index contributed by atoms with van der Waals surface area (Å²) in [7, 11) is 0. The molecule has 0 unspecified atom stereocenters. The van der Waals surface area contributed by atoms with Crippen LogP contribution in [0.4, 0.5) is 5.69 Å². The minimum absolute atomic E-state index is 0.110. The Morgan fingerprint density at radius 2 is 2.04 bits per heavy atom. The number of hydrogen-bond donors (Lipinski definition) is 2. The Morgan fingerprint density at radius 1 is 1.31 bits per heavy atom. The second-order valence-corrected chi connectivity index (χ2v) is 7.04. The summed E-state index contributed by atoms with van der Waals surface area (Å²) in [4.78, 5) is 17.1. The molecule has 0 saturated carbocycles. The van der Waals surface area contributed by atoms with Gasteiger partial charge in [-0.2, -0.15) is 0 Å². The van der Waals surface area contributed by atoms with Crippen molar-refractivity contribution in [1.82, 2.24) is 5.32 Å². The Labute approximate surface area is 160 Å². The smallest absolute Gasteiger partial charge is 0.264 e. The molecule has 0 spiro atoms. The first kappa shape index (κ1) is 18.4. The maximum Gasteiger partial charge on any atom is 0.264 e. The highest BCUT2D eigenvalue weighted by atomic mass is 35.5. The molecule has 7 heteroatoms. The SMILES string of the molecule is CCOc1cc(C=C2SC(=Nc3ccc(C)cc3)NC2=O)cc(Cl)c1O. The lowest BCUT2D eigenvalue weighted by Gasteiger charge is -2.08.